The number of hydrogen-bond acceptors (Lipinski definition) is 4. The molecule has 0 radical (unpaired) electrons. The van der Waals surface area contributed by atoms with Crippen molar-refractivity contribution in [3.63, 3.8) is 0 Å². The fourth-order valence-electron chi connectivity index (χ4n) is 2.64. The number of morpholine rings is 1. The van der Waals surface area contributed by atoms with Crippen LogP contribution in [0.25, 0.3) is 0 Å². The van der Waals surface area contributed by atoms with Crippen LogP contribution in [0.15, 0.2) is 47.5 Å². The fraction of sp³-hybridized carbons (Fsp3) is 0.316. The second-order valence-corrected chi connectivity index (χ2v) is 5.98. The van der Waals surface area contributed by atoms with Crippen molar-refractivity contribution in [1.29, 1.82) is 0 Å². The van der Waals surface area contributed by atoms with Gasteiger partial charge in [0.1, 0.15) is 5.82 Å². The predicted octanol–water partition coefficient (Wildman–Crippen LogP) is 3.48. The van der Waals surface area contributed by atoms with E-state index in [1.807, 2.05) is 54.2 Å². The van der Waals surface area contributed by atoms with Crippen LogP contribution in [-0.2, 0) is 4.74 Å². The van der Waals surface area contributed by atoms with Crippen LogP contribution in [0.4, 0.5) is 21.5 Å². The highest BCUT2D eigenvalue weighted by atomic mass is 19.1. The van der Waals surface area contributed by atoms with Crippen molar-refractivity contribution in [1.82, 2.24) is 0 Å². The summed E-state index contributed by atoms with van der Waals surface area (Å²) in [6, 6.07) is 13.2. The molecule has 0 saturated carbocycles. The average molecular weight is 327 g/mol. The van der Waals surface area contributed by atoms with E-state index in [0.717, 1.165) is 24.3 Å². The Hall–Kier alpha value is -2.40. The molecule has 0 N–H and O–H groups in total. The second-order valence-electron chi connectivity index (χ2n) is 5.98. The number of anilines is 2. The maximum absolute atomic E-state index is 14.3. The molecule has 0 unspecified atom stereocenters. The van der Waals surface area contributed by atoms with E-state index in [0.29, 0.717) is 24.6 Å². The minimum absolute atomic E-state index is 0.241. The lowest BCUT2D eigenvalue weighted by Crippen LogP contribution is -2.36. The van der Waals surface area contributed by atoms with Crippen LogP contribution in [0, 0.1) is 5.82 Å². The van der Waals surface area contributed by atoms with Crippen LogP contribution >= 0.6 is 0 Å². The number of aliphatic imine (C=N–C) groups is 1. The van der Waals surface area contributed by atoms with Gasteiger partial charge in [0, 0.05) is 45.2 Å². The Balaban J connectivity index is 1.71. The van der Waals surface area contributed by atoms with Crippen molar-refractivity contribution >= 4 is 23.3 Å². The van der Waals surface area contributed by atoms with Crippen LogP contribution in [0.2, 0.25) is 0 Å². The number of ether oxygens (including phenoxy) is 1. The molecule has 1 aliphatic heterocycles. The zero-order valence-electron chi connectivity index (χ0n) is 14.1. The highest BCUT2D eigenvalue weighted by molar-refractivity contribution is 5.82. The molecule has 2 aromatic rings. The van der Waals surface area contributed by atoms with Gasteiger partial charge in [0.2, 0.25) is 0 Å². The van der Waals surface area contributed by atoms with Crippen LogP contribution in [-0.4, -0.2) is 46.6 Å². The quantitative estimate of drug-likeness (QED) is 0.805. The molecule has 4 nitrogen and oxygen atoms in total. The van der Waals surface area contributed by atoms with E-state index in [9.17, 15) is 4.39 Å². The molecule has 1 saturated heterocycles. The number of nitrogens with zero attached hydrogens (tertiary/aromatic N) is 3. The third-order valence-electron chi connectivity index (χ3n) is 4.06. The zero-order chi connectivity index (χ0) is 16.9. The summed E-state index contributed by atoms with van der Waals surface area (Å²) in [7, 11) is 4.00. The summed E-state index contributed by atoms with van der Waals surface area (Å²) in [5.41, 5.74) is 3.35. The van der Waals surface area contributed by atoms with Crippen molar-refractivity contribution in [2.75, 3.05) is 50.2 Å². The van der Waals surface area contributed by atoms with Crippen LogP contribution in [0.3, 0.4) is 0 Å². The molecule has 0 atom stereocenters. The molecular formula is C19H22FN3O. The van der Waals surface area contributed by atoms with Gasteiger partial charge in [-0.1, -0.05) is 12.1 Å². The normalized spacial score (nSPS) is 15.0. The molecule has 1 aliphatic rings. The lowest BCUT2D eigenvalue weighted by Gasteiger charge is -2.29. The third kappa shape index (κ3) is 3.92. The summed E-state index contributed by atoms with van der Waals surface area (Å²) in [5, 5.41) is 0. The van der Waals surface area contributed by atoms with E-state index in [4.69, 9.17) is 4.74 Å². The fourth-order valence-corrected chi connectivity index (χ4v) is 2.64. The summed E-state index contributed by atoms with van der Waals surface area (Å²) in [6.07, 6.45) is 1.75. The maximum Gasteiger partial charge on any atom is 0.148 e. The molecule has 5 heteroatoms. The molecule has 2 aromatic carbocycles. The van der Waals surface area contributed by atoms with Gasteiger partial charge in [-0.15, -0.1) is 0 Å². The molecule has 0 aromatic heterocycles. The Bertz CT molecular complexity index is 707. The Labute approximate surface area is 142 Å². The Kier molecular flexibility index (Phi) is 5.11. The summed E-state index contributed by atoms with van der Waals surface area (Å²) in [5.74, 6) is -0.241. The van der Waals surface area contributed by atoms with E-state index in [-0.39, 0.29) is 5.82 Å². The number of hydrogen-bond donors (Lipinski definition) is 0. The molecular weight excluding hydrogens is 305 g/mol. The highest BCUT2D eigenvalue weighted by Crippen LogP contribution is 2.25. The monoisotopic (exact) mass is 327 g/mol. The minimum Gasteiger partial charge on any atom is -0.378 e. The second kappa shape index (κ2) is 7.45. The smallest absolute Gasteiger partial charge is 0.148 e. The summed E-state index contributed by atoms with van der Waals surface area (Å²) in [6.45, 7) is 2.72. The number of benzene rings is 2. The van der Waals surface area contributed by atoms with Crippen LogP contribution < -0.4 is 9.80 Å². The topological polar surface area (TPSA) is 28.1 Å². The van der Waals surface area contributed by atoms with Crippen molar-refractivity contribution in [3.05, 3.63) is 53.8 Å². The van der Waals surface area contributed by atoms with Gasteiger partial charge in [-0.25, -0.2) is 4.39 Å². The van der Waals surface area contributed by atoms with Crippen LogP contribution in [0.5, 0.6) is 0 Å². The predicted molar refractivity (Wildman–Crippen MR) is 97.5 cm³/mol. The number of halogens is 1. The molecule has 1 heterocycles. The maximum atomic E-state index is 14.3. The summed E-state index contributed by atoms with van der Waals surface area (Å²) < 4.78 is 19.6. The van der Waals surface area contributed by atoms with Crippen LogP contribution in [0.1, 0.15) is 5.56 Å². The highest BCUT2D eigenvalue weighted by Gasteiger charge is 2.15. The standard InChI is InChI=1S/C19H22FN3O/c1-22(2)17-6-3-15(4-7-17)14-21-16-5-8-19(18(20)13-16)23-9-11-24-12-10-23/h3-8,13-14H,9-12H2,1-2H3. The molecule has 0 bridgehead atoms. The van der Waals surface area contributed by atoms with Gasteiger partial charge in [0.15, 0.2) is 0 Å². The van der Waals surface area contributed by atoms with E-state index < -0.39 is 0 Å². The first-order chi connectivity index (χ1) is 11.6. The number of rotatable bonds is 4. The SMILES string of the molecule is CN(C)c1ccc(C=Nc2ccc(N3CCOCC3)c(F)c2)cc1. The first-order valence-electron chi connectivity index (χ1n) is 8.07. The molecule has 24 heavy (non-hydrogen) atoms. The van der Waals surface area contributed by atoms with E-state index >= 15 is 0 Å². The van der Waals surface area contributed by atoms with Crippen molar-refractivity contribution in [3.8, 4) is 0 Å². The van der Waals surface area contributed by atoms with Crippen molar-refractivity contribution in [2.24, 2.45) is 4.99 Å². The Morgan fingerprint density at radius 1 is 1.08 bits per heavy atom. The molecule has 0 aliphatic carbocycles. The summed E-state index contributed by atoms with van der Waals surface area (Å²) >= 11 is 0. The third-order valence-corrected chi connectivity index (χ3v) is 4.06. The Morgan fingerprint density at radius 2 is 1.79 bits per heavy atom. The van der Waals surface area contributed by atoms with Gasteiger partial charge in [-0.3, -0.25) is 4.99 Å². The molecule has 1 fully saturated rings. The Morgan fingerprint density at radius 3 is 2.42 bits per heavy atom. The van der Waals surface area contributed by atoms with E-state index in [1.165, 1.54) is 6.07 Å². The molecule has 3 rings (SSSR count). The van der Waals surface area contributed by atoms with Crippen molar-refractivity contribution < 1.29 is 9.13 Å². The van der Waals surface area contributed by atoms with Crippen molar-refractivity contribution in [2.45, 2.75) is 0 Å². The van der Waals surface area contributed by atoms with E-state index in [2.05, 4.69) is 4.99 Å². The largest absolute Gasteiger partial charge is 0.378 e. The van der Waals surface area contributed by atoms with Gasteiger partial charge >= 0.3 is 0 Å². The van der Waals surface area contributed by atoms with Gasteiger partial charge in [-0.05, 0) is 29.8 Å². The molecule has 126 valence electrons. The van der Waals surface area contributed by atoms with Gasteiger partial charge in [-0.2, -0.15) is 0 Å². The summed E-state index contributed by atoms with van der Waals surface area (Å²) in [4.78, 5) is 8.42. The van der Waals surface area contributed by atoms with E-state index in [1.54, 1.807) is 12.3 Å². The first-order valence-corrected chi connectivity index (χ1v) is 8.07. The zero-order valence-corrected chi connectivity index (χ0v) is 14.1. The van der Waals surface area contributed by atoms with Gasteiger partial charge in [0.25, 0.3) is 0 Å². The molecule has 0 amide bonds. The minimum atomic E-state index is -0.241. The lowest BCUT2D eigenvalue weighted by molar-refractivity contribution is 0.122. The van der Waals surface area contributed by atoms with Gasteiger partial charge < -0.3 is 14.5 Å². The average Bonchev–Trinajstić information content (AvgIpc) is 2.61. The molecule has 0 spiro atoms. The first kappa shape index (κ1) is 16.5. The van der Waals surface area contributed by atoms with Gasteiger partial charge in [0.05, 0.1) is 24.6 Å². The lowest BCUT2D eigenvalue weighted by atomic mass is 10.2.